The standard InChI is InChI=1S/C27H29N3O3/c31-25-8-4-7-22-14-16-24(30(22)25)27(33)29-20-11-9-18(10-12-20)17-21-13-15-23(28-21)26(32)19-5-2-1-3-6-19/h1-12,21,23-24,26,28,32H,13-17H2,(H,29,33)/t21-,23+,24-,26?/m0/s1. The van der Waals surface area contributed by atoms with Crippen molar-refractivity contribution >= 4 is 11.6 Å². The van der Waals surface area contributed by atoms with Crippen molar-refractivity contribution in [3.05, 3.63) is 100.0 Å². The number of aliphatic hydroxyl groups excluding tert-OH is 1. The molecule has 0 radical (unpaired) electrons. The number of anilines is 1. The van der Waals surface area contributed by atoms with Crippen LogP contribution in [0.2, 0.25) is 0 Å². The van der Waals surface area contributed by atoms with Crippen LogP contribution >= 0.6 is 0 Å². The van der Waals surface area contributed by atoms with E-state index in [1.807, 2.05) is 60.7 Å². The number of aliphatic hydroxyl groups is 1. The molecule has 0 aliphatic carbocycles. The van der Waals surface area contributed by atoms with Gasteiger partial charge in [-0.1, -0.05) is 48.5 Å². The summed E-state index contributed by atoms with van der Waals surface area (Å²) in [5.41, 5.74) is 3.65. The fraction of sp³-hybridized carbons (Fsp3) is 0.333. The highest BCUT2D eigenvalue weighted by Crippen LogP contribution is 2.27. The first-order valence-corrected chi connectivity index (χ1v) is 11.7. The van der Waals surface area contributed by atoms with Gasteiger partial charge in [-0.05, 0) is 61.4 Å². The van der Waals surface area contributed by atoms with Gasteiger partial charge in [0.1, 0.15) is 6.04 Å². The molecule has 0 saturated carbocycles. The SMILES string of the molecule is O=C(Nc1ccc(C[C@@H]2CC[C@H](C(O)c3ccccc3)N2)cc1)[C@@H]1CCc2cccc(=O)n21. The van der Waals surface area contributed by atoms with E-state index in [0.717, 1.165) is 42.6 Å². The summed E-state index contributed by atoms with van der Waals surface area (Å²) in [7, 11) is 0. The van der Waals surface area contributed by atoms with Crippen LogP contribution in [0.3, 0.4) is 0 Å². The molecular weight excluding hydrogens is 414 g/mol. The average molecular weight is 444 g/mol. The number of amides is 1. The number of hydrogen-bond acceptors (Lipinski definition) is 4. The molecule has 170 valence electrons. The van der Waals surface area contributed by atoms with Crippen molar-refractivity contribution in [3.63, 3.8) is 0 Å². The lowest BCUT2D eigenvalue weighted by Crippen LogP contribution is -2.35. The van der Waals surface area contributed by atoms with Crippen LogP contribution in [0.5, 0.6) is 0 Å². The molecule has 33 heavy (non-hydrogen) atoms. The highest BCUT2D eigenvalue weighted by atomic mass is 16.3. The van der Waals surface area contributed by atoms with Crippen LogP contribution in [0.1, 0.15) is 48.2 Å². The summed E-state index contributed by atoms with van der Waals surface area (Å²) >= 11 is 0. The summed E-state index contributed by atoms with van der Waals surface area (Å²) < 4.78 is 1.61. The number of nitrogens with zero attached hydrogens (tertiary/aromatic N) is 1. The third-order valence-corrected chi connectivity index (χ3v) is 6.86. The van der Waals surface area contributed by atoms with Crippen molar-refractivity contribution in [2.45, 2.75) is 56.3 Å². The van der Waals surface area contributed by atoms with Crippen molar-refractivity contribution in [1.82, 2.24) is 9.88 Å². The number of hydrogen-bond donors (Lipinski definition) is 3. The van der Waals surface area contributed by atoms with E-state index in [4.69, 9.17) is 0 Å². The van der Waals surface area contributed by atoms with E-state index in [9.17, 15) is 14.7 Å². The maximum absolute atomic E-state index is 12.8. The summed E-state index contributed by atoms with van der Waals surface area (Å²) in [5, 5.41) is 17.2. The first-order valence-electron chi connectivity index (χ1n) is 11.7. The van der Waals surface area contributed by atoms with Gasteiger partial charge in [-0.3, -0.25) is 9.59 Å². The topological polar surface area (TPSA) is 83.4 Å². The zero-order valence-electron chi connectivity index (χ0n) is 18.5. The van der Waals surface area contributed by atoms with E-state index in [1.165, 1.54) is 11.6 Å². The second-order valence-electron chi connectivity index (χ2n) is 9.07. The average Bonchev–Trinajstić information content (AvgIpc) is 3.49. The Balaban J connectivity index is 1.17. The Morgan fingerprint density at radius 3 is 2.58 bits per heavy atom. The molecule has 1 fully saturated rings. The Hall–Kier alpha value is -3.22. The summed E-state index contributed by atoms with van der Waals surface area (Å²) in [6.45, 7) is 0. The predicted octanol–water partition coefficient (Wildman–Crippen LogP) is 3.37. The lowest BCUT2D eigenvalue weighted by atomic mass is 10.0. The number of benzene rings is 2. The molecule has 1 saturated heterocycles. The molecular formula is C27H29N3O3. The molecule has 2 aromatic carbocycles. The van der Waals surface area contributed by atoms with Crippen LogP contribution in [0, 0.1) is 0 Å². The first-order chi connectivity index (χ1) is 16.1. The number of aryl methyl sites for hydroxylation is 1. The number of pyridine rings is 1. The van der Waals surface area contributed by atoms with Gasteiger partial charge < -0.3 is 20.3 Å². The highest BCUT2D eigenvalue weighted by molar-refractivity contribution is 5.94. The molecule has 0 spiro atoms. The molecule has 6 nitrogen and oxygen atoms in total. The molecule has 3 N–H and O–H groups in total. The van der Waals surface area contributed by atoms with Crippen molar-refractivity contribution in [2.75, 3.05) is 5.32 Å². The van der Waals surface area contributed by atoms with Gasteiger partial charge in [0.25, 0.3) is 5.56 Å². The van der Waals surface area contributed by atoms with Gasteiger partial charge in [-0.2, -0.15) is 0 Å². The number of nitrogens with one attached hydrogen (secondary N) is 2. The zero-order valence-corrected chi connectivity index (χ0v) is 18.5. The lowest BCUT2D eigenvalue weighted by molar-refractivity contribution is -0.119. The molecule has 2 aliphatic rings. The van der Waals surface area contributed by atoms with Gasteiger partial charge in [0.2, 0.25) is 5.91 Å². The van der Waals surface area contributed by atoms with Crippen LogP contribution in [0.15, 0.2) is 77.6 Å². The summed E-state index contributed by atoms with van der Waals surface area (Å²) in [5.74, 6) is -0.148. The lowest BCUT2D eigenvalue weighted by Gasteiger charge is -2.20. The molecule has 0 bridgehead atoms. The van der Waals surface area contributed by atoms with E-state index >= 15 is 0 Å². The highest BCUT2D eigenvalue weighted by Gasteiger charge is 2.30. The molecule has 1 aromatic heterocycles. The number of fused-ring (bicyclic) bond motifs is 1. The van der Waals surface area contributed by atoms with Gasteiger partial charge >= 0.3 is 0 Å². The first kappa shape index (κ1) is 21.6. The van der Waals surface area contributed by atoms with Crippen molar-refractivity contribution in [3.8, 4) is 0 Å². The molecule has 1 amide bonds. The second kappa shape index (κ2) is 9.33. The molecule has 6 heteroatoms. The second-order valence-corrected chi connectivity index (χ2v) is 9.07. The van der Waals surface area contributed by atoms with Crippen molar-refractivity contribution < 1.29 is 9.90 Å². The Morgan fingerprint density at radius 2 is 1.79 bits per heavy atom. The number of carbonyl (C=O) groups is 1. The quantitative estimate of drug-likeness (QED) is 0.546. The molecule has 3 aromatic rings. The van der Waals surface area contributed by atoms with Gasteiger partial charge in [-0.15, -0.1) is 0 Å². The number of rotatable bonds is 6. The molecule has 2 aliphatic heterocycles. The smallest absolute Gasteiger partial charge is 0.251 e. The van der Waals surface area contributed by atoms with E-state index < -0.39 is 12.1 Å². The van der Waals surface area contributed by atoms with Gasteiger partial charge in [0, 0.05) is 29.5 Å². The predicted molar refractivity (Wildman–Crippen MR) is 128 cm³/mol. The monoisotopic (exact) mass is 443 g/mol. The Morgan fingerprint density at radius 1 is 1.00 bits per heavy atom. The third-order valence-electron chi connectivity index (χ3n) is 6.86. The van der Waals surface area contributed by atoms with Gasteiger partial charge in [-0.25, -0.2) is 0 Å². The minimum atomic E-state index is -0.498. The molecule has 1 unspecified atom stereocenters. The zero-order chi connectivity index (χ0) is 22.8. The maximum Gasteiger partial charge on any atom is 0.251 e. The van der Waals surface area contributed by atoms with E-state index in [1.54, 1.807) is 10.6 Å². The van der Waals surface area contributed by atoms with E-state index in [0.29, 0.717) is 12.5 Å². The summed E-state index contributed by atoms with van der Waals surface area (Å²) in [4.78, 5) is 25.0. The Kier molecular flexibility index (Phi) is 6.11. The minimum absolute atomic E-state index is 0.0636. The minimum Gasteiger partial charge on any atom is -0.387 e. The van der Waals surface area contributed by atoms with E-state index in [-0.39, 0.29) is 17.5 Å². The molecule has 5 rings (SSSR count). The van der Waals surface area contributed by atoms with E-state index in [2.05, 4.69) is 10.6 Å². The third kappa shape index (κ3) is 4.63. The summed E-state index contributed by atoms with van der Waals surface area (Å²) in [6.07, 6.45) is 3.72. The Labute approximate surface area is 193 Å². The largest absolute Gasteiger partial charge is 0.387 e. The van der Waals surface area contributed by atoms with Crippen LogP contribution in [-0.2, 0) is 17.6 Å². The molecule has 3 heterocycles. The van der Waals surface area contributed by atoms with Crippen LogP contribution in [0.25, 0.3) is 0 Å². The fourth-order valence-corrected chi connectivity index (χ4v) is 5.14. The number of carbonyl (C=O) groups excluding carboxylic acids is 1. The van der Waals surface area contributed by atoms with Crippen LogP contribution in [0.4, 0.5) is 5.69 Å². The fourth-order valence-electron chi connectivity index (χ4n) is 5.14. The van der Waals surface area contributed by atoms with Gasteiger partial charge in [0.05, 0.1) is 6.10 Å². The van der Waals surface area contributed by atoms with Gasteiger partial charge in [0.15, 0.2) is 0 Å². The van der Waals surface area contributed by atoms with Crippen molar-refractivity contribution in [1.29, 1.82) is 0 Å². The van der Waals surface area contributed by atoms with Crippen LogP contribution < -0.4 is 16.2 Å². The maximum atomic E-state index is 12.8. The normalized spacial score (nSPS) is 22.6. The summed E-state index contributed by atoms with van der Waals surface area (Å²) in [6, 6.07) is 22.8. The number of aromatic nitrogens is 1. The van der Waals surface area contributed by atoms with Crippen LogP contribution in [-0.4, -0.2) is 27.7 Å². The Bertz CT molecular complexity index is 1170. The van der Waals surface area contributed by atoms with Crippen molar-refractivity contribution in [2.24, 2.45) is 0 Å². The molecule has 4 atom stereocenters.